The molecule has 0 saturated carbocycles. The van der Waals surface area contributed by atoms with Crippen molar-refractivity contribution < 1.29 is 9.53 Å². The lowest BCUT2D eigenvalue weighted by molar-refractivity contribution is 0.0953. The predicted molar refractivity (Wildman–Crippen MR) is 104 cm³/mol. The molecule has 3 rings (SSSR count). The lowest BCUT2D eigenvalue weighted by Gasteiger charge is -2.09. The van der Waals surface area contributed by atoms with Crippen molar-refractivity contribution in [2.24, 2.45) is 5.84 Å². The topological polar surface area (TPSA) is 64.3 Å². The minimum Gasteiger partial charge on any atom is -0.489 e. The summed E-state index contributed by atoms with van der Waals surface area (Å²) in [7, 11) is 0. The smallest absolute Gasteiger partial charge is 0.266 e. The highest BCUT2D eigenvalue weighted by Crippen LogP contribution is 2.32. The van der Waals surface area contributed by atoms with Gasteiger partial charge in [0.25, 0.3) is 5.91 Å². The van der Waals surface area contributed by atoms with Gasteiger partial charge in [-0.25, -0.2) is 5.84 Å². The number of hydrazine groups is 1. The van der Waals surface area contributed by atoms with Crippen molar-refractivity contribution in [2.75, 3.05) is 0 Å². The number of carbonyl (C=O) groups excluding carboxylic acids is 1. The van der Waals surface area contributed by atoms with E-state index in [1.807, 2.05) is 60.7 Å². The van der Waals surface area contributed by atoms with E-state index in [2.05, 4.69) is 5.43 Å². The largest absolute Gasteiger partial charge is 0.489 e. The Bertz CT molecular complexity index is 903. The maximum absolute atomic E-state index is 11.6. The molecule has 1 amide bonds. The van der Waals surface area contributed by atoms with Crippen molar-refractivity contribution in [1.82, 2.24) is 5.43 Å². The number of hydrogen-bond acceptors (Lipinski definition) is 4. The molecule has 0 unspecified atom stereocenters. The van der Waals surface area contributed by atoms with E-state index in [1.165, 1.54) is 11.8 Å². The molecule has 0 spiro atoms. The normalized spacial score (nSPS) is 10.4. The number of nitrogens with one attached hydrogen (secondary N) is 1. The predicted octanol–water partition coefficient (Wildman–Crippen LogP) is 4.67. The second-order valence-corrected chi connectivity index (χ2v) is 7.02. The summed E-state index contributed by atoms with van der Waals surface area (Å²) in [6, 6.07) is 23.1. The Labute approximate surface area is 161 Å². The van der Waals surface area contributed by atoms with Crippen molar-refractivity contribution in [3.05, 3.63) is 88.9 Å². The number of nitrogen functional groups attached to an aromatic ring is 1. The van der Waals surface area contributed by atoms with Crippen molar-refractivity contribution >= 4 is 29.3 Å². The third-order valence-corrected chi connectivity index (χ3v) is 4.90. The van der Waals surface area contributed by atoms with Gasteiger partial charge < -0.3 is 4.74 Å². The van der Waals surface area contributed by atoms with Gasteiger partial charge in [0, 0.05) is 9.79 Å². The van der Waals surface area contributed by atoms with Gasteiger partial charge in [-0.15, -0.1) is 0 Å². The zero-order valence-corrected chi connectivity index (χ0v) is 15.4. The minimum absolute atomic E-state index is 0.346. The zero-order valence-electron chi connectivity index (χ0n) is 13.8. The van der Waals surface area contributed by atoms with Gasteiger partial charge in [0.15, 0.2) is 0 Å². The van der Waals surface area contributed by atoms with Crippen LogP contribution in [-0.2, 0) is 6.61 Å². The van der Waals surface area contributed by atoms with E-state index in [1.54, 1.807) is 12.1 Å². The molecule has 26 heavy (non-hydrogen) atoms. The molecule has 3 aromatic carbocycles. The Morgan fingerprint density at radius 1 is 1.00 bits per heavy atom. The highest BCUT2D eigenvalue weighted by Gasteiger charge is 2.10. The second kappa shape index (κ2) is 8.76. The molecule has 132 valence electrons. The Hall–Kier alpha value is -2.47. The summed E-state index contributed by atoms with van der Waals surface area (Å²) in [5, 5.41) is 0.356. The molecule has 0 radical (unpaired) electrons. The fourth-order valence-corrected chi connectivity index (χ4v) is 3.56. The summed E-state index contributed by atoms with van der Waals surface area (Å²) >= 11 is 7.70. The average molecular weight is 385 g/mol. The maximum Gasteiger partial charge on any atom is 0.266 e. The molecule has 0 bridgehead atoms. The van der Waals surface area contributed by atoms with Crippen LogP contribution in [0, 0.1) is 0 Å². The number of hydrogen-bond donors (Lipinski definition) is 2. The van der Waals surface area contributed by atoms with Crippen LogP contribution in [0.3, 0.4) is 0 Å². The zero-order chi connectivity index (χ0) is 18.4. The van der Waals surface area contributed by atoms with Crippen LogP contribution in [0.5, 0.6) is 5.75 Å². The molecule has 0 fully saturated rings. The number of halogens is 1. The van der Waals surface area contributed by atoms with E-state index in [0.29, 0.717) is 17.2 Å². The van der Waals surface area contributed by atoms with Crippen molar-refractivity contribution in [3.8, 4) is 5.75 Å². The van der Waals surface area contributed by atoms with Gasteiger partial charge in [0.05, 0.1) is 10.6 Å². The highest BCUT2D eigenvalue weighted by molar-refractivity contribution is 7.99. The van der Waals surface area contributed by atoms with E-state index in [9.17, 15) is 4.79 Å². The Morgan fingerprint density at radius 2 is 1.77 bits per heavy atom. The fourth-order valence-electron chi connectivity index (χ4n) is 2.33. The summed E-state index contributed by atoms with van der Waals surface area (Å²) in [6.45, 7) is 0.518. The highest BCUT2D eigenvalue weighted by atomic mass is 35.5. The quantitative estimate of drug-likeness (QED) is 0.368. The molecule has 0 aliphatic carbocycles. The summed E-state index contributed by atoms with van der Waals surface area (Å²) in [5.41, 5.74) is 3.54. The van der Waals surface area contributed by atoms with E-state index in [4.69, 9.17) is 22.2 Å². The van der Waals surface area contributed by atoms with Crippen LogP contribution in [0.4, 0.5) is 0 Å². The molecular formula is C20H17ClN2O2S. The van der Waals surface area contributed by atoms with E-state index in [-0.39, 0.29) is 0 Å². The first-order valence-corrected chi connectivity index (χ1v) is 9.10. The van der Waals surface area contributed by atoms with Crippen molar-refractivity contribution in [2.45, 2.75) is 16.4 Å². The standard InChI is InChI=1S/C20H17ClN2O2S/c21-19-12-17(9-10-18(19)20(24)23-22)26-16-8-4-7-15(11-16)25-13-14-5-2-1-3-6-14/h1-12H,13,22H2,(H,23,24). The number of nitrogens with two attached hydrogens (primary N) is 1. The number of carbonyl (C=O) groups is 1. The van der Waals surface area contributed by atoms with Crippen LogP contribution in [0.25, 0.3) is 0 Å². The fraction of sp³-hybridized carbons (Fsp3) is 0.0500. The average Bonchev–Trinajstić information content (AvgIpc) is 2.67. The van der Waals surface area contributed by atoms with Crippen LogP contribution in [-0.4, -0.2) is 5.91 Å². The first-order chi connectivity index (χ1) is 12.7. The molecule has 6 heteroatoms. The Kier molecular flexibility index (Phi) is 6.17. The van der Waals surface area contributed by atoms with Crippen molar-refractivity contribution in [1.29, 1.82) is 0 Å². The third-order valence-electron chi connectivity index (χ3n) is 3.61. The van der Waals surface area contributed by atoms with Gasteiger partial charge in [0.2, 0.25) is 0 Å². The van der Waals surface area contributed by atoms with Gasteiger partial charge >= 0.3 is 0 Å². The van der Waals surface area contributed by atoms with Gasteiger partial charge in [-0.2, -0.15) is 0 Å². The van der Waals surface area contributed by atoms with Gasteiger partial charge in [-0.3, -0.25) is 10.2 Å². The minimum atomic E-state index is -0.414. The molecule has 0 aliphatic rings. The van der Waals surface area contributed by atoms with Gasteiger partial charge in [0.1, 0.15) is 12.4 Å². The third kappa shape index (κ3) is 4.79. The lowest BCUT2D eigenvalue weighted by atomic mass is 10.2. The molecule has 0 atom stereocenters. The number of ether oxygens (including phenoxy) is 1. The van der Waals surface area contributed by atoms with Crippen LogP contribution in [0.15, 0.2) is 82.6 Å². The van der Waals surface area contributed by atoms with Crippen LogP contribution >= 0.6 is 23.4 Å². The maximum atomic E-state index is 11.6. The summed E-state index contributed by atoms with van der Waals surface area (Å²) in [5.74, 6) is 5.53. The molecule has 0 saturated heterocycles. The molecular weight excluding hydrogens is 368 g/mol. The van der Waals surface area contributed by atoms with E-state index >= 15 is 0 Å². The summed E-state index contributed by atoms with van der Waals surface area (Å²) < 4.78 is 5.85. The molecule has 0 aliphatic heterocycles. The molecule has 3 aromatic rings. The Balaban J connectivity index is 1.68. The number of benzene rings is 3. The molecule has 3 N–H and O–H groups in total. The Morgan fingerprint density at radius 3 is 2.50 bits per heavy atom. The summed E-state index contributed by atoms with van der Waals surface area (Å²) in [6.07, 6.45) is 0. The summed E-state index contributed by atoms with van der Waals surface area (Å²) in [4.78, 5) is 13.5. The van der Waals surface area contributed by atoms with E-state index in [0.717, 1.165) is 21.1 Å². The number of rotatable bonds is 6. The van der Waals surface area contributed by atoms with Gasteiger partial charge in [-0.05, 0) is 42.0 Å². The first kappa shape index (κ1) is 18.3. The molecule has 0 heterocycles. The van der Waals surface area contributed by atoms with Gasteiger partial charge in [-0.1, -0.05) is 59.8 Å². The van der Waals surface area contributed by atoms with Crippen LogP contribution in [0.1, 0.15) is 15.9 Å². The SMILES string of the molecule is NNC(=O)c1ccc(Sc2cccc(OCc3ccccc3)c2)cc1Cl. The van der Waals surface area contributed by atoms with E-state index < -0.39 is 5.91 Å². The number of amides is 1. The molecule has 4 nitrogen and oxygen atoms in total. The first-order valence-electron chi connectivity index (χ1n) is 7.91. The lowest BCUT2D eigenvalue weighted by Crippen LogP contribution is -2.30. The van der Waals surface area contributed by atoms with Crippen LogP contribution < -0.4 is 16.0 Å². The van der Waals surface area contributed by atoms with Crippen LogP contribution in [0.2, 0.25) is 5.02 Å². The second-order valence-electron chi connectivity index (χ2n) is 5.47. The molecule has 0 aromatic heterocycles. The monoisotopic (exact) mass is 384 g/mol. The van der Waals surface area contributed by atoms with Crippen molar-refractivity contribution in [3.63, 3.8) is 0 Å².